The lowest BCUT2D eigenvalue weighted by Gasteiger charge is -2.11. The molecule has 0 fully saturated rings. The Hall–Kier alpha value is -0.210. The van der Waals surface area contributed by atoms with E-state index in [9.17, 15) is 8.42 Å². The lowest BCUT2D eigenvalue weighted by Crippen LogP contribution is -2.34. The van der Waals surface area contributed by atoms with Crippen LogP contribution in [0.25, 0.3) is 0 Å². The van der Waals surface area contributed by atoms with Crippen molar-refractivity contribution in [1.82, 2.24) is 0 Å². The second-order valence-electron chi connectivity index (χ2n) is 2.31. The average Bonchev–Trinajstić information content (AvgIpc) is 1.86. The summed E-state index contributed by atoms with van der Waals surface area (Å²) in [6.07, 6.45) is 0.604. The van der Waals surface area contributed by atoms with E-state index in [2.05, 4.69) is 4.18 Å². The van der Waals surface area contributed by atoms with Crippen LogP contribution in [0.1, 0.15) is 20.3 Å². The van der Waals surface area contributed by atoms with Crippen molar-refractivity contribution in [3.05, 3.63) is 0 Å². The molecular weight excluding hydrogens is 186 g/mol. The van der Waals surface area contributed by atoms with Crippen molar-refractivity contribution < 1.29 is 22.3 Å². The van der Waals surface area contributed by atoms with E-state index < -0.39 is 16.1 Å². The van der Waals surface area contributed by atoms with Gasteiger partial charge >= 0.3 is 10.4 Å². The monoisotopic (exact) mass is 201 g/mol. The number of nitrogens with two attached hydrogens (primary N) is 1. The number of hydrogen-bond donors (Lipinski definition) is 3. The van der Waals surface area contributed by atoms with Gasteiger partial charge in [-0.05, 0) is 13.3 Å². The van der Waals surface area contributed by atoms with Crippen LogP contribution in [-0.4, -0.2) is 30.9 Å². The zero-order valence-corrected chi connectivity index (χ0v) is 8.13. The molecule has 0 amide bonds. The van der Waals surface area contributed by atoms with Gasteiger partial charge in [-0.1, -0.05) is 6.92 Å². The van der Waals surface area contributed by atoms with Crippen LogP contribution in [0.4, 0.5) is 0 Å². The van der Waals surface area contributed by atoms with Crippen LogP contribution in [0.5, 0.6) is 0 Å². The lowest BCUT2D eigenvalue weighted by molar-refractivity contribution is 0.0632. The fourth-order valence-corrected chi connectivity index (χ4v) is 0. The van der Waals surface area contributed by atoms with Crippen LogP contribution in [0.15, 0.2) is 0 Å². The molecule has 7 heteroatoms. The summed E-state index contributed by atoms with van der Waals surface area (Å²) < 4.78 is 29.7. The van der Waals surface area contributed by atoms with Gasteiger partial charge in [-0.15, -0.1) is 0 Å². The Bertz CT molecular complexity index is 192. The van der Waals surface area contributed by atoms with Crippen LogP contribution in [0, 0.1) is 0 Å². The fourth-order valence-electron chi connectivity index (χ4n) is 0. The minimum absolute atomic E-state index is 0.604. The molecule has 0 heterocycles. The normalized spacial score (nSPS) is 15.8. The fraction of sp³-hybridized carbons (Fsp3) is 1.00. The molecule has 0 saturated carbocycles. The summed E-state index contributed by atoms with van der Waals surface area (Å²) in [5.41, 5.74) is 4.13. The van der Waals surface area contributed by atoms with Crippen LogP contribution in [-0.2, 0) is 14.6 Å². The van der Waals surface area contributed by atoms with E-state index in [1.807, 2.05) is 6.92 Å². The molecule has 6 nitrogen and oxygen atoms in total. The quantitative estimate of drug-likeness (QED) is 0.410. The minimum atomic E-state index is -4.16. The largest absolute Gasteiger partial charge is 0.397 e. The first-order valence-electron chi connectivity index (χ1n) is 3.16. The molecule has 76 valence electrons. The average molecular weight is 201 g/mol. The molecule has 0 aliphatic rings. The topological polar surface area (TPSA) is 110 Å². The van der Waals surface area contributed by atoms with Crippen LogP contribution in [0.2, 0.25) is 0 Å². The summed E-state index contributed by atoms with van der Waals surface area (Å²) in [6, 6.07) is 0. The molecule has 0 radical (unpaired) electrons. The standard InChI is InChI=1S/C4H11NO.CH4O4S/c1-3-4(2,5)6;1-5-6(2,3)4/h6H,3,5H2,1-2H3;1H3,(H,2,3,4). The van der Waals surface area contributed by atoms with Gasteiger partial charge in [-0.3, -0.25) is 8.74 Å². The highest BCUT2D eigenvalue weighted by molar-refractivity contribution is 7.80. The minimum Gasteiger partial charge on any atom is -0.376 e. The third-order valence-corrected chi connectivity index (χ3v) is 1.35. The van der Waals surface area contributed by atoms with Crippen molar-refractivity contribution in [2.75, 3.05) is 7.11 Å². The maximum atomic E-state index is 9.33. The molecule has 0 spiro atoms. The highest BCUT2D eigenvalue weighted by Crippen LogP contribution is 1.94. The Morgan fingerprint density at radius 3 is 1.75 bits per heavy atom. The van der Waals surface area contributed by atoms with Crippen molar-refractivity contribution in [2.45, 2.75) is 26.0 Å². The molecule has 0 bridgehead atoms. The summed E-state index contributed by atoms with van der Waals surface area (Å²) in [5, 5.41) is 8.60. The molecule has 0 aromatic heterocycles. The number of rotatable bonds is 2. The Kier molecular flexibility index (Phi) is 6.49. The second-order valence-corrected chi connectivity index (χ2v) is 3.49. The number of aliphatic hydroxyl groups is 1. The van der Waals surface area contributed by atoms with Crippen molar-refractivity contribution in [3.8, 4) is 0 Å². The van der Waals surface area contributed by atoms with E-state index in [1.54, 1.807) is 6.92 Å². The zero-order valence-electron chi connectivity index (χ0n) is 7.31. The van der Waals surface area contributed by atoms with E-state index >= 15 is 0 Å². The molecular formula is C5H15NO5S. The van der Waals surface area contributed by atoms with Crippen molar-refractivity contribution in [1.29, 1.82) is 0 Å². The first kappa shape index (κ1) is 14.3. The smallest absolute Gasteiger partial charge is 0.376 e. The van der Waals surface area contributed by atoms with Gasteiger partial charge in [-0.2, -0.15) is 8.42 Å². The molecule has 0 aliphatic heterocycles. The molecule has 0 rings (SSSR count). The van der Waals surface area contributed by atoms with E-state index in [0.717, 1.165) is 7.11 Å². The van der Waals surface area contributed by atoms with Gasteiger partial charge in [0, 0.05) is 0 Å². The SMILES string of the molecule is CCC(C)(N)O.COS(=O)(=O)O. The summed E-state index contributed by atoms with van der Waals surface area (Å²) in [5.74, 6) is 0. The van der Waals surface area contributed by atoms with Gasteiger partial charge in [-0.25, -0.2) is 0 Å². The molecule has 4 N–H and O–H groups in total. The molecule has 1 atom stereocenters. The zero-order chi connectivity index (χ0) is 10.4. The summed E-state index contributed by atoms with van der Waals surface area (Å²) in [6.45, 7) is 3.41. The van der Waals surface area contributed by atoms with E-state index in [1.165, 1.54) is 0 Å². The molecule has 0 aliphatic carbocycles. The summed E-state index contributed by atoms with van der Waals surface area (Å²) in [4.78, 5) is 0. The van der Waals surface area contributed by atoms with Gasteiger partial charge in [0.15, 0.2) is 0 Å². The molecule has 0 aromatic rings. The van der Waals surface area contributed by atoms with Gasteiger partial charge in [0.25, 0.3) is 0 Å². The van der Waals surface area contributed by atoms with Crippen molar-refractivity contribution in [2.24, 2.45) is 5.73 Å². The van der Waals surface area contributed by atoms with Crippen LogP contribution >= 0.6 is 0 Å². The molecule has 0 saturated heterocycles. The highest BCUT2D eigenvalue weighted by Gasteiger charge is 2.06. The van der Waals surface area contributed by atoms with Crippen LogP contribution in [0.3, 0.4) is 0 Å². The maximum absolute atomic E-state index is 9.33. The number of hydrogen-bond acceptors (Lipinski definition) is 5. The predicted molar refractivity (Wildman–Crippen MR) is 43.7 cm³/mol. The van der Waals surface area contributed by atoms with Gasteiger partial charge in [0.05, 0.1) is 7.11 Å². The predicted octanol–water partition coefficient (Wildman–Crippen LogP) is -0.501. The van der Waals surface area contributed by atoms with Crippen molar-refractivity contribution >= 4 is 10.4 Å². The highest BCUT2D eigenvalue weighted by atomic mass is 32.3. The van der Waals surface area contributed by atoms with E-state index in [-0.39, 0.29) is 0 Å². The van der Waals surface area contributed by atoms with Crippen LogP contribution < -0.4 is 5.73 Å². The Morgan fingerprint density at radius 1 is 1.58 bits per heavy atom. The second kappa shape index (κ2) is 5.44. The Balaban J connectivity index is 0. The summed E-state index contributed by atoms with van der Waals surface area (Å²) in [7, 11) is -3.29. The first-order chi connectivity index (χ1) is 5.12. The van der Waals surface area contributed by atoms with Crippen molar-refractivity contribution in [3.63, 3.8) is 0 Å². The van der Waals surface area contributed by atoms with Gasteiger partial charge < -0.3 is 10.8 Å². The van der Waals surface area contributed by atoms with Gasteiger partial charge in [0.1, 0.15) is 5.72 Å². The third kappa shape index (κ3) is 22.6. The Labute approximate surface area is 72.3 Å². The summed E-state index contributed by atoms with van der Waals surface area (Å²) >= 11 is 0. The first-order valence-corrected chi connectivity index (χ1v) is 4.53. The lowest BCUT2D eigenvalue weighted by atomic mass is 10.2. The molecule has 12 heavy (non-hydrogen) atoms. The van der Waals surface area contributed by atoms with E-state index in [0.29, 0.717) is 6.42 Å². The Morgan fingerprint density at radius 2 is 1.75 bits per heavy atom. The molecule has 1 unspecified atom stereocenters. The maximum Gasteiger partial charge on any atom is 0.397 e. The van der Waals surface area contributed by atoms with E-state index in [4.69, 9.17) is 15.4 Å². The third-order valence-electron chi connectivity index (χ3n) is 0.926. The molecule has 0 aromatic carbocycles. The van der Waals surface area contributed by atoms with Gasteiger partial charge in [0.2, 0.25) is 0 Å².